The molecule has 0 aliphatic rings. The zero-order valence-electron chi connectivity index (χ0n) is 33.9. The van der Waals surface area contributed by atoms with Crippen LogP contribution in [0, 0.1) is 41.0 Å². The first-order valence-electron chi connectivity index (χ1n) is 17.9. The zero-order chi connectivity index (χ0) is 42.5. The quantitative estimate of drug-likeness (QED) is 0.0479. The molecule has 0 saturated carbocycles. The van der Waals surface area contributed by atoms with Crippen LogP contribution in [0.25, 0.3) is 0 Å². The summed E-state index contributed by atoms with van der Waals surface area (Å²) in [5.41, 5.74) is 3.32. The summed E-state index contributed by atoms with van der Waals surface area (Å²) in [6.45, 7) is 11.4. The predicted octanol–water partition coefficient (Wildman–Crippen LogP) is 7.48. The maximum absolute atomic E-state index is 12.3. The van der Waals surface area contributed by atoms with Crippen molar-refractivity contribution in [3.63, 3.8) is 0 Å². The van der Waals surface area contributed by atoms with E-state index in [0.29, 0.717) is 24.3 Å². The van der Waals surface area contributed by atoms with Crippen molar-refractivity contribution in [1.29, 1.82) is 0 Å². The van der Waals surface area contributed by atoms with Gasteiger partial charge in [-0.2, -0.15) is 0 Å². The summed E-state index contributed by atoms with van der Waals surface area (Å²) < 4.78 is 29.9. The number of nitro groups is 2. The van der Waals surface area contributed by atoms with Gasteiger partial charge in [0.2, 0.25) is 0 Å². The number of carbonyl (C=O) groups is 2. The van der Waals surface area contributed by atoms with Crippen LogP contribution in [0.2, 0.25) is 0 Å². The number of methoxy groups -OCH3 is 4. The van der Waals surface area contributed by atoms with E-state index in [9.17, 15) is 29.8 Å². The summed E-state index contributed by atoms with van der Waals surface area (Å²) in [7, 11) is 5.30. The minimum Gasteiger partial charge on any atom is -0.467 e. The van der Waals surface area contributed by atoms with Gasteiger partial charge in [0.15, 0.2) is 13.6 Å². The first kappa shape index (κ1) is 47.1. The largest absolute Gasteiger partial charge is 0.467 e. The fourth-order valence-corrected chi connectivity index (χ4v) is 5.67. The molecule has 16 heteroatoms. The molecule has 308 valence electrons. The van der Waals surface area contributed by atoms with Gasteiger partial charge in [0, 0.05) is 56.6 Å². The van der Waals surface area contributed by atoms with E-state index in [-0.39, 0.29) is 58.7 Å². The minimum atomic E-state index is -0.704. The van der Waals surface area contributed by atoms with Crippen LogP contribution in [-0.2, 0) is 32.0 Å². The van der Waals surface area contributed by atoms with Gasteiger partial charge in [0.05, 0.1) is 24.1 Å². The fourth-order valence-electron chi connectivity index (χ4n) is 5.67. The molecule has 0 aliphatic carbocycles. The number of nitro benzene ring substituents is 2. The van der Waals surface area contributed by atoms with Crippen molar-refractivity contribution in [2.45, 2.75) is 47.7 Å². The number of rotatable bonds is 17. The second-order valence-electron chi connectivity index (χ2n) is 12.1. The van der Waals surface area contributed by atoms with Crippen LogP contribution >= 0.6 is 0 Å². The Hall–Kier alpha value is -6.10. The van der Waals surface area contributed by atoms with Gasteiger partial charge in [-0.05, 0) is 51.4 Å². The van der Waals surface area contributed by atoms with Gasteiger partial charge in [-0.15, -0.1) is 0 Å². The molecule has 0 bridgehead atoms. The summed E-state index contributed by atoms with van der Waals surface area (Å²) in [5, 5.41) is 26.1. The molecule has 0 unspecified atom stereocenters. The van der Waals surface area contributed by atoms with Gasteiger partial charge < -0.3 is 38.6 Å². The van der Waals surface area contributed by atoms with Crippen LogP contribution in [0.3, 0.4) is 0 Å². The van der Waals surface area contributed by atoms with Crippen LogP contribution in [0.4, 0.5) is 17.1 Å². The number of carbonyl (C=O) groups excluding carboxylic acids is 2. The number of nitrogens with one attached hydrogen (secondary N) is 1. The molecule has 0 aliphatic heterocycles. The van der Waals surface area contributed by atoms with Crippen molar-refractivity contribution in [2.24, 2.45) is 0 Å². The van der Waals surface area contributed by atoms with Gasteiger partial charge in [-0.3, -0.25) is 20.2 Å². The molecule has 4 aromatic carbocycles. The van der Waals surface area contributed by atoms with E-state index >= 15 is 0 Å². The van der Waals surface area contributed by atoms with Gasteiger partial charge in [0.1, 0.15) is 28.3 Å². The van der Waals surface area contributed by atoms with Crippen LogP contribution < -0.4 is 19.7 Å². The lowest BCUT2D eigenvalue weighted by Crippen LogP contribution is -2.24. The molecule has 0 saturated heterocycles. The standard InChI is InChI=1S/C20H24N2O6.C12H15NO6.C9H13N/c1-5-21(12-15-9-7-6-8-10-15)16-11-17(28-13-26-3)18(20(23)27-4)14(2)19(16)22(24)25;1-7-5-9(19-6-17-3)10(12(14)18-4)8(2)11(7)13(15)16;1-2-10-8-9-6-4-3-5-7-9/h6-11H,5,12-13H2,1-4H3;5H,6H2,1-4H3;3-7,10H,2,8H2,1H3. The fraction of sp³-hybridized carbons (Fsp3) is 0.366. The van der Waals surface area contributed by atoms with Gasteiger partial charge in [-0.1, -0.05) is 67.6 Å². The molecule has 0 aromatic heterocycles. The molecule has 57 heavy (non-hydrogen) atoms. The molecule has 0 radical (unpaired) electrons. The number of nitrogens with zero attached hydrogens (tertiary/aromatic N) is 3. The monoisotopic (exact) mass is 792 g/mol. The average Bonchev–Trinajstić information content (AvgIpc) is 3.20. The molecule has 16 nitrogen and oxygen atoms in total. The molecule has 1 N–H and O–H groups in total. The Bertz CT molecular complexity index is 1920. The van der Waals surface area contributed by atoms with Crippen LogP contribution in [0.15, 0.2) is 72.8 Å². The third kappa shape index (κ3) is 13.6. The molecule has 0 amide bonds. The summed E-state index contributed by atoms with van der Waals surface area (Å²) in [5.74, 6) is -1.01. The second kappa shape index (κ2) is 24.4. The molecular formula is C41H52N4O12. The van der Waals surface area contributed by atoms with E-state index in [1.165, 1.54) is 60.0 Å². The number of esters is 2. The number of benzene rings is 4. The van der Waals surface area contributed by atoms with Crippen LogP contribution in [0.1, 0.15) is 62.4 Å². The second-order valence-corrected chi connectivity index (χ2v) is 12.1. The third-order valence-corrected chi connectivity index (χ3v) is 8.35. The molecule has 4 rings (SSSR count). The molecule has 0 heterocycles. The van der Waals surface area contributed by atoms with E-state index in [1.807, 2.05) is 48.2 Å². The highest BCUT2D eigenvalue weighted by Gasteiger charge is 2.31. The van der Waals surface area contributed by atoms with E-state index in [0.717, 1.165) is 18.7 Å². The highest BCUT2D eigenvalue weighted by Crippen LogP contribution is 2.40. The van der Waals surface area contributed by atoms with E-state index in [1.54, 1.807) is 6.92 Å². The highest BCUT2D eigenvalue weighted by atomic mass is 16.7. The number of hydrogen-bond acceptors (Lipinski definition) is 14. The van der Waals surface area contributed by atoms with Crippen molar-refractivity contribution in [2.75, 3.05) is 60.0 Å². The lowest BCUT2D eigenvalue weighted by atomic mass is 10.0. The molecule has 0 atom stereocenters. The Labute approximate surface area is 332 Å². The van der Waals surface area contributed by atoms with Crippen molar-refractivity contribution in [3.05, 3.63) is 132 Å². The lowest BCUT2D eigenvalue weighted by molar-refractivity contribution is -0.386. The lowest BCUT2D eigenvalue weighted by Gasteiger charge is -2.25. The van der Waals surface area contributed by atoms with Crippen LogP contribution in [-0.4, -0.2) is 76.9 Å². The Morgan fingerprint density at radius 2 is 1.14 bits per heavy atom. The van der Waals surface area contributed by atoms with Gasteiger partial charge in [0.25, 0.3) is 11.4 Å². The number of hydrogen-bond donors (Lipinski definition) is 1. The number of anilines is 1. The Balaban J connectivity index is 0.000000331. The van der Waals surface area contributed by atoms with Gasteiger partial charge in [-0.25, -0.2) is 9.59 Å². The molecule has 4 aromatic rings. The van der Waals surface area contributed by atoms with E-state index in [4.69, 9.17) is 23.7 Å². The van der Waals surface area contributed by atoms with Crippen LogP contribution in [0.5, 0.6) is 11.5 Å². The minimum absolute atomic E-state index is 0.0192. The Morgan fingerprint density at radius 1 is 0.684 bits per heavy atom. The zero-order valence-corrected chi connectivity index (χ0v) is 33.9. The van der Waals surface area contributed by atoms with Gasteiger partial charge >= 0.3 is 11.9 Å². The first-order chi connectivity index (χ1) is 27.3. The van der Waals surface area contributed by atoms with Crippen molar-refractivity contribution in [3.8, 4) is 11.5 Å². The Kier molecular flexibility index (Phi) is 20.2. The number of ether oxygens (including phenoxy) is 6. The maximum atomic E-state index is 12.3. The summed E-state index contributed by atoms with van der Waals surface area (Å²) in [6.07, 6.45) is 0. The van der Waals surface area contributed by atoms with E-state index < -0.39 is 21.8 Å². The van der Waals surface area contributed by atoms with Crippen molar-refractivity contribution >= 4 is 29.0 Å². The van der Waals surface area contributed by atoms with Crippen molar-refractivity contribution in [1.82, 2.24) is 5.32 Å². The predicted molar refractivity (Wildman–Crippen MR) is 215 cm³/mol. The molecule has 0 spiro atoms. The topological polar surface area (TPSA) is 191 Å². The molecule has 0 fully saturated rings. The summed E-state index contributed by atoms with van der Waals surface area (Å²) in [6, 6.07) is 23.0. The maximum Gasteiger partial charge on any atom is 0.342 e. The average molecular weight is 793 g/mol. The molecular weight excluding hydrogens is 740 g/mol. The number of aryl methyl sites for hydroxylation is 1. The van der Waals surface area contributed by atoms with E-state index in [2.05, 4.69) is 41.2 Å². The van der Waals surface area contributed by atoms with Crippen molar-refractivity contribution < 1.29 is 47.9 Å². The SMILES string of the molecule is CCN(Cc1ccccc1)c1cc(OCOC)c(C(=O)OC)c(C)c1[N+](=O)[O-].CCNCc1ccccc1.COCOc1cc(C)c([N+](=O)[O-])c(C)c1C(=O)OC. The Morgan fingerprint density at radius 3 is 1.56 bits per heavy atom. The summed E-state index contributed by atoms with van der Waals surface area (Å²) >= 11 is 0. The highest BCUT2D eigenvalue weighted by molar-refractivity contribution is 5.97. The summed E-state index contributed by atoms with van der Waals surface area (Å²) in [4.78, 5) is 47.7. The smallest absolute Gasteiger partial charge is 0.342 e. The first-order valence-corrected chi connectivity index (χ1v) is 17.9. The normalized spacial score (nSPS) is 10.2. The third-order valence-electron chi connectivity index (χ3n) is 8.35.